The Morgan fingerprint density at radius 1 is 1.07 bits per heavy atom. The van der Waals surface area contributed by atoms with Gasteiger partial charge in [0.25, 0.3) is 5.91 Å². The van der Waals surface area contributed by atoms with Gasteiger partial charge in [0, 0.05) is 28.2 Å². The number of hydrogen-bond donors (Lipinski definition) is 3. The molecule has 1 heterocycles. The normalized spacial score (nSPS) is 14.6. The predicted octanol–water partition coefficient (Wildman–Crippen LogP) is 5.32. The van der Waals surface area contributed by atoms with Crippen LogP contribution in [0.15, 0.2) is 53.9 Å². The molecule has 0 atom stereocenters. The van der Waals surface area contributed by atoms with E-state index in [9.17, 15) is 9.90 Å². The Hall–Kier alpha value is -2.86. The molecule has 0 spiro atoms. The Morgan fingerprint density at radius 2 is 1.86 bits per heavy atom. The van der Waals surface area contributed by atoms with E-state index < -0.39 is 0 Å². The fraction of sp³-hybridized carbons (Fsp3) is 0.273. The van der Waals surface area contributed by atoms with Crippen molar-refractivity contribution in [2.45, 2.75) is 38.1 Å². The molecule has 2 aromatic carbocycles. The van der Waals surface area contributed by atoms with Gasteiger partial charge in [-0.2, -0.15) is 0 Å². The Labute approximate surface area is 168 Å². The Bertz CT molecular complexity index is 946. The van der Waals surface area contributed by atoms with E-state index in [0.717, 1.165) is 34.9 Å². The highest BCUT2D eigenvalue weighted by molar-refractivity contribution is 7.14. The zero-order valence-electron chi connectivity index (χ0n) is 15.5. The molecule has 0 aliphatic heterocycles. The maximum absolute atomic E-state index is 12.4. The monoisotopic (exact) mass is 393 g/mol. The fourth-order valence-corrected chi connectivity index (χ4v) is 4.21. The summed E-state index contributed by atoms with van der Waals surface area (Å²) >= 11 is 1.50. The zero-order valence-corrected chi connectivity index (χ0v) is 16.3. The van der Waals surface area contributed by atoms with Gasteiger partial charge < -0.3 is 15.7 Å². The minimum atomic E-state index is -0.00105. The molecule has 1 aromatic heterocycles. The van der Waals surface area contributed by atoms with Gasteiger partial charge in [0.05, 0.1) is 5.69 Å². The van der Waals surface area contributed by atoms with Crippen molar-refractivity contribution in [2.24, 2.45) is 0 Å². The van der Waals surface area contributed by atoms with Crippen molar-refractivity contribution < 1.29 is 9.90 Å². The number of hydrogen-bond acceptors (Lipinski definition) is 5. The Morgan fingerprint density at radius 3 is 2.61 bits per heavy atom. The van der Waals surface area contributed by atoms with Crippen LogP contribution in [0, 0.1) is 0 Å². The average molecular weight is 394 g/mol. The number of nitrogens with one attached hydrogen (secondary N) is 2. The minimum Gasteiger partial charge on any atom is -0.508 e. The van der Waals surface area contributed by atoms with Crippen molar-refractivity contribution in [2.75, 3.05) is 5.32 Å². The summed E-state index contributed by atoms with van der Waals surface area (Å²) in [6.07, 6.45) is 5.84. The van der Waals surface area contributed by atoms with Gasteiger partial charge in [-0.25, -0.2) is 4.98 Å². The summed E-state index contributed by atoms with van der Waals surface area (Å²) in [7, 11) is 0. The lowest BCUT2D eigenvalue weighted by Crippen LogP contribution is -2.36. The number of carbonyl (C=O) groups excluding carboxylic acids is 1. The van der Waals surface area contributed by atoms with Gasteiger partial charge in [-0.15, -0.1) is 11.3 Å². The zero-order chi connectivity index (χ0) is 19.3. The molecule has 1 aliphatic rings. The molecule has 1 amide bonds. The average Bonchev–Trinajstić information content (AvgIpc) is 3.18. The number of phenols is 1. The van der Waals surface area contributed by atoms with Crippen LogP contribution in [-0.4, -0.2) is 22.0 Å². The lowest BCUT2D eigenvalue weighted by molar-refractivity contribution is 0.0927. The number of nitrogens with zero attached hydrogens (tertiary/aromatic N) is 1. The molecule has 6 heteroatoms. The highest BCUT2D eigenvalue weighted by Crippen LogP contribution is 2.29. The van der Waals surface area contributed by atoms with Gasteiger partial charge in [0.1, 0.15) is 5.75 Å². The number of carbonyl (C=O) groups is 1. The summed E-state index contributed by atoms with van der Waals surface area (Å²) in [6.45, 7) is 0. The molecule has 1 fully saturated rings. The second-order valence-electron chi connectivity index (χ2n) is 7.10. The van der Waals surface area contributed by atoms with Crippen LogP contribution in [-0.2, 0) is 0 Å². The standard InChI is InChI=1S/C22H23N3O2S/c26-19-8-4-5-16(13-19)20-14-28-22(25-20)24-18-11-9-15(10-12-18)21(27)23-17-6-2-1-3-7-17/h4-5,8-14,17,26H,1-3,6-7H2,(H,23,27)(H,24,25). The summed E-state index contributed by atoms with van der Waals surface area (Å²) < 4.78 is 0. The van der Waals surface area contributed by atoms with Crippen LogP contribution in [0.25, 0.3) is 11.3 Å². The first-order valence-electron chi connectivity index (χ1n) is 9.60. The highest BCUT2D eigenvalue weighted by Gasteiger charge is 2.16. The van der Waals surface area contributed by atoms with E-state index in [1.807, 2.05) is 35.7 Å². The molecule has 4 rings (SSSR count). The maximum Gasteiger partial charge on any atom is 0.251 e. The Balaban J connectivity index is 1.38. The van der Waals surface area contributed by atoms with Gasteiger partial charge in [-0.05, 0) is 49.2 Å². The second kappa shape index (κ2) is 8.44. The second-order valence-corrected chi connectivity index (χ2v) is 7.96. The van der Waals surface area contributed by atoms with Crippen LogP contribution in [0.3, 0.4) is 0 Å². The molecule has 144 valence electrons. The van der Waals surface area contributed by atoms with Gasteiger partial charge in [-0.1, -0.05) is 31.4 Å². The van der Waals surface area contributed by atoms with Crippen molar-refractivity contribution in [3.63, 3.8) is 0 Å². The number of rotatable bonds is 5. The molecule has 3 aromatic rings. The van der Waals surface area contributed by atoms with Crippen molar-refractivity contribution >= 4 is 28.1 Å². The molecule has 1 saturated carbocycles. The van der Waals surface area contributed by atoms with E-state index in [1.54, 1.807) is 18.2 Å². The Kier molecular flexibility index (Phi) is 5.58. The third-order valence-corrected chi connectivity index (χ3v) is 5.74. The van der Waals surface area contributed by atoms with E-state index in [0.29, 0.717) is 11.6 Å². The first-order valence-corrected chi connectivity index (χ1v) is 10.5. The SMILES string of the molecule is O=C(NC1CCCCC1)c1ccc(Nc2nc(-c3cccc(O)c3)cs2)cc1. The molecule has 1 aliphatic carbocycles. The first-order chi connectivity index (χ1) is 13.7. The molecule has 0 saturated heterocycles. The third-order valence-electron chi connectivity index (χ3n) is 4.98. The number of amides is 1. The topological polar surface area (TPSA) is 74.2 Å². The maximum atomic E-state index is 12.4. The first kappa shape index (κ1) is 18.5. The molecular weight excluding hydrogens is 370 g/mol. The lowest BCUT2D eigenvalue weighted by atomic mass is 9.95. The van der Waals surface area contributed by atoms with Gasteiger partial charge in [0.15, 0.2) is 5.13 Å². The summed E-state index contributed by atoms with van der Waals surface area (Å²) in [5.74, 6) is 0.223. The molecular formula is C22H23N3O2S. The molecule has 5 nitrogen and oxygen atoms in total. The smallest absolute Gasteiger partial charge is 0.251 e. The van der Waals surface area contributed by atoms with E-state index in [-0.39, 0.29) is 11.7 Å². The highest BCUT2D eigenvalue weighted by atomic mass is 32.1. The molecule has 0 bridgehead atoms. The number of anilines is 2. The quantitative estimate of drug-likeness (QED) is 0.548. The van der Waals surface area contributed by atoms with Crippen molar-refractivity contribution in [3.05, 3.63) is 59.5 Å². The number of aromatic nitrogens is 1. The molecule has 0 unspecified atom stereocenters. The van der Waals surface area contributed by atoms with E-state index >= 15 is 0 Å². The number of thiazole rings is 1. The van der Waals surface area contributed by atoms with Gasteiger partial charge in [-0.3, -0.25) is 4.79 Å². The summed E-state index contributed by atoms with van der Waals surface area (Å²) in [5.41, 5.74) is 3.24. The molecule has 28 heavy (non-hydrogen) atoms. The number of benzene rings is 2. The van der Waals surface area contributed by atoms with Gasteiger partial charge in [0.2, 0.25) is 0 Å². The van der Waals surface area contributed by atoms with Crippen molar-refractivity contribution in [3.8, 4) is 17.0 Å². The van der Waals surface area contributed by atoms with E-state index in [1.165, 1.54) is 30.6 Å². The van der Waals surface area contributed by atoms with Crippen molar-refractivity contribution in [1.29, 1.82) is 0 Å². The van der Waals surface area contributed by atoms with E-state index in [2.05, 4.69) is 15.6 Å². The number of aromatic hydroxyl groups is 1. The molecule has 3 N–H and O–H groups in total. The van der Waals surface area contributed by atoms with Crippen LogP contribution in [0.5, 0.6) is 5.75 Å². The van der Waals surface area contributed by atoms with Crippen LogP contribution in [0.1, 0.15) is 42.5 Å². The van der Waals surface area contributed by atoms with Crippen LogP contribution >= 0.6 is 11.3 Å². The summed E-state index contributed by atoms with van der Waals surface area (Å²) in [4.78, 5) is 17.0. The van der Waals surface area contributed by atoms with E-state index in [4.69, 9.17) is 0 Å². The molecule has 0 radical (unpaired) electrons. The largest absolute Gasteiger partial charge is 0.508 e. The van der Waals surface area contributed by atoms with Crippen LogP contribution < -0.4 is 10.6 Å². The number of phenolic OH excluding ortho intramolecular Hbond substituents is 1. The fourth-order valence-electron chi connectivity index (χ4n) is 3.47. The van der Waals surface area contributed by atoms with Crippen molar-refractivity contribution in [1.82, 2.24) is 10.3 Å². The lowest BCUT2D eigenvalue weighted by Gasteiger charge is -2.22. The minimum absolute atomic E-state index is 0.00105. The van der Waals surface area contributed by atoms with Crippen LogP contribution in [0.4, 0.5) is 10.8 Å². The summed E-state index contributed by atoms with van der Waals surface area (Å²) in [6, 6.07) is 14.8. The third kappa shape index (κ3) is 4.51. The van der Waals surface area contributed by atoms with Gasteiger partial charge >= 0.3 is 0 Å². The predicted molar refractivity (Wildman–Crippen MR) is 113 cm³/mol. The van der Waals surface area contributed by atoms with Crippen LogP contribution in [0.2, 0.25) is 0 Å². The summed E-state index contributed by atoms with van der Waals surface area (Å²) in [5, 5.41) is 18.7.